The van der Waals surface area contributed by atoms with Gasteiger partial charge in [-0.15, -0.1) is 0 Å². The largest absolute Gasteiger partial charge is 0.496 e. The number of benzene rings is 1. The van der Waals surface area contributed by atoms with Crippen LogP contribution in [0.3, 0.4) is 0 Å². The number of nitrogens with one attached hydrogen (secondary N) is 1. The second-order valence-electron chi connectivity index (χ2n) is 3.18. The minimum absolute atomic E-state index is 0.0705. The average Bonchev–Trinajstić information content (AvgIpc) is 2.18. The third kappa shape index (κ3) is 1.18. The smallest absolute Gasteiger partial charge is 0.256 e. The lowest BCUT2D eigenvalue weighted by Crippen LogP contribution is -2.06. The molecule has 1 heterocycles. The molecule has 1 aromatic carbocycles. The van der Waals surface area contributed by atoms with E-state index in [-0.39, 0.29) is 5.56 Å². The molecule has 0 aliphatic heterocycles. The summed E-state index contributed by atoms with van der Waals surface area (Å²) < 4.78 is 5.18. The summed E-state index contributed by atoms with van der Waals surface area (Å²) >= 11 is 0. The molecule has 2 aromatic rings. The molecule has 3 nitrogen and oxygen atoms in total. The summed E-state index contributed by atoms with van der Waals surface area (Å²) in [4.78, 5) is 14.2. The molecule has 0 atom stereocenters. The number of aromatic amines is 1. The minimum Gasteiger partial charge on any atom is -0.496 e. The van der Waals surface area contributed by atoms with E-state index >= 15 is 0 Å². The molecular weight excluding hydrogens is 178 g/mol. The molecule has 2 rings (SSSR count). The van der Waals surface area contributed by atoms with Crippen molar-refractivity contribution in [1.82, 2.24) is 4.98 Å². The summed E-state index contributed by atoms with van der Waals surface area (Å²) in [5, 5.41) is 1.56. The van der Waals surface area contributed by atoms with Crippen LogP contribution in [0.2, 0.25) is 0 Å². The Hall–Kier alpha value is -1.77. The maximum absolute atomic E-state index is 11.6. The van der Waals surface area contributed by atoms with Crippen molar-refractivity contribution in [3.8, 4) is 5.75 Å². The predicted molar refractivity (Wildman–Crippen MR) is 55.9 cm³/mol. The van der Waals surface area contributed by atoms with Crippen molar-refractivity contribution in [2.45, 2.75) is 6.92 Å². The van der Waals surface area contributed by atoms with E-state index < -0.39 is 0 Å². The van der Waals surface area contributed by atoms with Crippen LogP contribution in [-0.4, -0.2) is 12.1 Å². The Bertz CT molecular complexity index is 528. The van der Waals surface area contributed by atoms with Gasteiger partial charge >= 0.3 is 0 Å². The Morgan fingerprint density at radius 2 is 2.07 bits per heavy atom. The fourth-order valence-electron chi connectivity index (χ4n) is 1.63. The summed E-state index contributed by atoms with van der Waals surface area (Å²) in [6.45, 7) is 1.91. The van der Waals surface area contributed by atoms with Gasteiger partial charge in [0.05, 0.1) is 12.5 Å². The molecule has 0 amide bonds. The first kappa shape index (κ1) is 8.81. The topological polar surface area (TPSA) is 42.1 Å². The van der Waals surface area contributed by atoms with E-state index in [4.69, 9.17) is 4.74 Å². The van der Waals surface area contributed by atoms with Gasteiger partial charge in [0.15, 0.2) is 0 Å². The normalized spacial score (nSPS) is 10.4. The number of rotatable bonds is 1. The molecule has 3 heteroatoms. The van der Waals surface area contributed by atoms with Crippen LogP contribution in [0.25, 0.3) is 10.8 Å². The van der Waals surface area contributed by atoms with Crippen LogP contribution in [0.1, 0.15) is 5.56 Å². The van der Waals surface area contributed by atoms with Crippen molar-refractivity contribution >= 4 is 10.8 Å². The molecule has 1 aromatic heterocycles. The molecule has 0 saturated heterocycles. The molecule has 0 saturated carbocycles. The fourth-order valence-corrected chi connectivity index (χ4v) is 1.63. The highest BCUT2D eigenvalue weighted by Gasteiger charge is 2.05. The first-order valence-electron chi connectivity index (χ1n) is 4.39. The Morgan fingerprint density at radius 3 is 2.79 bits per heavy atom. The second-order valence-corrected chi connectivity index (χ2v) is 3.18. The summed E-state index contributed by atoms with van der Waals surface area (Å²) in [5.41, 5.74) is 0.890. The van der Waals surface area contributed by atoms with Gasteiger partial charge in [0.25, 0.3) is 5.56 Å². The monoisotopic (exact) mass is 189 g/mol. The molecule has 72 valence electrons. The molecule has 14 heavy (non-hydrogen) atoms. The third-order valence-electron chi connectivity index (χ3n) is 2.33. The van der Waals surface area contributed by atoms with Gasteiger partial charge in [0, 0.05) is 11.6 Å². The van der Waals surface area contributed by atoms with E-state index in [1.165, 1.54) is 0 Å². The van der Waals surface area contributed by atoms with E-state index in [1.54, 1.807) is 13.3 Å². The first-order valence-corrected chi connectivity index (χ1v) is 4.39. The molecule has 0 radical (unpaired) electrons. The van der Waals surface area contributed by atoms with Gasteiger partial charge in [-0.1, -0.05) is 6.07 Å². The van der Waals surface area contributed by atoms with Crippen molar-refractivity contribution in [2.24, 2.45) is 0 Å². The highest BCUT2D eigenvalue weighted by atomic mass is 16.5. The van der Waals surface area contributed by atoms with E-state index in [1.807, 2.05) is 25.1 Å². The number of hydrogen-bond donors (Lipinski definition) is 1. The van der Waals surface area contributed by atoms with Crippen LogP contribution in [0.5, 0.6) is 5.75 Å². The summed E-state index contributed by atoms with van der Waals surface area (Å²) in [6.07, 6.45) is 1.63. The number of aromatic nitrogens is 1. The van der Waals surface area contributed by atoms with Crippen molar-refractivity contribution in [1.29, 1.82) is 0 Å². The quantitative estimate of drug-likeness (QED) is 0.743. The zero-order valence-electron chi connectivity index (χ0n) is 8.13. The number of aryl methyl sites for hydroxylation is 1. The lowest BCUT2D eigenvalue weighted by molar-refractivity contribution is 0.419. The standard InChI is InChI=1S/C11H11NO2/c1-7-3-4-9(14-2)8-5-6-12-11(13)10(7)8/h3-6H,1-2H3,(H,12,13). The van der Waals surface area contributed by atoms with Gasteiger partial charge in [-0.05, 0) is 24.6 Å². The summed E-state index contributed by atoms with van der Waals surface area (Å²) in [7, 11) is 1.60. The minimum atomic E-state index is -0.0705. The van der Waals surface area contributed by atoms with E-state index in [0.717, 1.165) is 16.7 Å². The number of hydrogen-bond acceptors (Lipinski definition) is 2. The Labute approximate surface area is 81.3 Å². The average molecular weight is 189 g/mol. The number of pyridine rings is 1. The van der Waals surface area contributed by atoms with Gasteiger partial charge in [0.1, 0.15) is 5.75 Å². The van der Waals surface area contributed by atoms with Crippen LogP contribution in [0.15, 0.2) is 29.2 Å². The van der Waals surface area contributed by atoms with Crippen LogP contribution >= 0.6 is 0 Å². The molecule has 0 spiro atoms. The zero-order chi connectivity index (χ0) is 10.1. The van der Waals surface area contributed by atoms with Gasteiger partial charge in [-0.2, -0.15) is 0 Å². The molecule has 0 unspecified atom stereocenters. The van der Waals surface area contributed by atoms with Crippen LogP contribution in [0, 0.1) is 6.92 Å². The Kier molecular flexibility index (Phi) is 2.00. The van der Waals surface area contributed by atoms with E-state index in [0.29, 0.717) is 5.39 Å². The van der Waals surface area contributed by atoms with E-state index in [9.17, 15) is 4.79 Å². The second kappa shape index (κ2) is 3.18. The van der Waals surface area contributed by atoms with E-state index in [2.05, 4.69) is 4.98 Å². The summed E-state index contributed by atoms with van der Waals surface area (Å²) in [5.74, 6) is 0.733. The zero-order valence-corrected chi connectivity index (χ0v) is 8.13. The van der Waals surface area contributed by atoms with Crippen molar-refractivity contribution in [3.05, 3.63) is 40.3 Å². The maximum atomic E-state index is 11.6. The maximum Gasteiger partial charge on any atom is 0.256 e. The van der Waals surface area contributed by atoms with Crippen molar-refractivity contribution in [3.63, 3.8) is 0 Å². The highest BCUT2D eigenvalue weighted by molar-refractivity contribution is 5.89. The highest BCUT2D eigenvalue weighted by Crippen LogP contribution is 2.24. The number of ether oxygens (including phenoxy) is 1. The summed E-state index contributed by atoms with van der Waals surface area (Å²) in [6, 6.07) is 5.61. The predicted octanol–water partition coefficient (Wildman–Crippen LogP) is 1.85. The number of methoxy groups -OCH3 is 1. The molecule has 0 aliphatic carbocycles. The lowest BCUT2D eigenvalue weighted by atomic mass is 10.1. The van der Waals surface area contributed by atoms with Crippen LogP contribution < -0.4 is 10.3 Å². The Balaban J connectivity index is 2.99. The number of H-pyrrole nitrogens is 1. The van der Waals surface area contributed by atoms with Crippen molar-refractivity contribution < 1.29 is 4.74 Å². The molecular formula is C11H11NO2. The Morgan fingerprint density at radius 1 is 1.29 bits per heavy atom. The van der Waals surface area contributed by atoms with Crippen LogP contribution in [0.4, 0.5) is 0 Å². The van der Waals surface area contributed by atoms with Gasteiger partial charge in [-0.3, -0.25) is 4.79 Å². The molecule has 1 N–H and O–H groups in total. The van der Waals surface area contributed by atoms with Gasteiger partial charge < -0.3 is 9.72 Å². The first-order chi connectivity index (χ1) is 6.74. The van der Waals surface area contributed by atoms with Crippen molar-refractivity contribution in [2.75, 3.05) is 7.11 Å². The lowest BCUT2D eigenvalue weighted by Gasteiger charge is -2.06. The molecule has 0 aliphatic rings. The SMILES string of the molecule is COc1ccc(C)c2c(=O)[nH]ccc12. The van der Waals surface area contributed by atoms with Gasteiger partial charge in [0.2, 0.25) is 0 Å². The molecule has 0 fully saturated rings. The molecule has 0 bridgehead atoms. The fraction of sp³-hybridized carbons (Fsp3) is 0.182. The number of fused-ring (bicyclic) bond motifs is 1. The van der Waals surface area contributed by atoms with Crippen LogP contribution in [-0.2, 0) is 0 Å². The third-order valence-corrected chi connectivity index (χ3v) is 2.33. The van der Waals surface area contributed by atoms with Gasteiger partial charge in [-0.25, -0.2) is 0 Å².